The van der Waals surface area contributed by atoms with Crippen molar-refractivity contribution in [3.05, 3.63) is 0 Å². The van der Waals surface area contributed by atoms with Gasteiger partial charge in [-0.2, -0.15) is 0 Å². The Kier molecular flexibility index (Phi) is 7.68. The van der Waals surface area contributed by atoms with Crippen molar-refractivity contribution < 1.29 is 9.53 Å². The molecule has 0 aliphatic carbocycles. The van der Waals surface area contributed by atoms with Crippen molar-refractivity contribution in [3.8, 4) is 0 Å². The lowest BCUT2D eigenvalue weighted by Gasteiger charge is -2.28. The lowest BCUT2D eigenvalue weighted by molar-refractivity contribution is -0.136. The second-order valence-electron chi connectivity index (χ2n) is 3.52. The maximum absolute atomic E-state index is 11.7. The summed E-state index contributed by atoms with van der Waals surface area (Å²) in [5.41, 5.74) is 5.40. The molecule has 1 heterocycles. The molecule has 6 heteroatoms. The molecule has 0 aromatic rings. The molecule has 0 unspecified atom stereocenters. The van der Waals surface area contributed by atoms with Gasteiger partial charge < -0.3 is 15.4 Å². The number of nitrogens with zero attached hydrogens (tertiary/aromatic N) is 2. The average Bonchev–Trinajstić information content (AvgIpc) is 2.19. The monoisotopic (exact) mass is 237 g/mol. The molecule has 1 aliphatic rings. The third-order valence-electron chi connectivity index (χ3n) is 2.28. The third kappa shape index (κ3) is 5.32. The summed E-state index contributed by atoms with van der Waals surface area (Å²) in [5, 5.41) is 0. The van der Waals surface area contributed by atoms with Gasteiger partial charge >= 0.3 is 0 Å². The molecule has 0 radical (unpaired) electrons. The van der Waals surface area contributed by atoms with Crippen LogP contribution >= 0.6 is 12.4 Å². The van der Waals surface area contributed by atoms with E-state index in [9.17, 15) is 4.79 Å². The van der Waals surface area contributed by atoms with Gasteiger partial charge in [-0.15, -0.1) is 12.4 Å². The Morgan fingerprint density at radius 2 is 2.07 bits per heavy atom. The highest BCUT2D eigenvalue weighted by molar-refractivity contribution is 5.85. The molecule has 0 saturated carbocycles. The van der Waals surface area contributed by atoms with Crippen molar-refractivity contribution in [3.63, 3.8) is 0 Å². The van der Waals surface area contributed by atoms with Gasteiger partial charge in [0.1, 0.15) is 0 Å². The summed E-state index contributed by atoms with van der Waals surface area (Å²) < 4.78 is 5.17. The quantitative estimate of drug-likeness (QED) is 0.693. The van der Waals surface area contributed by atoms with Gasteiger partial charge in [0.05, 0.1) is 19.8 Å². The van der Waals surface area contributed by atoms with Crippen LogP contribution in [0.3, 0.4) is 0 Å². The molecule has 0 spiro atoms. The van der Waals surface area contributed by atoms with E-state index in [-0.39, 0.29) is 18.3 Å². The maximum atomic E-state index is 11.7. The van der Waals surface area contributed by atoms with Gasteiger partial charge in [0.2, 0.25) is 5.91 Å². The van der Waals surface area contributed by atoms with Crippen LogP contribution in [0.2, 0.25) is 0 Å². The van der Waals surface area contributed by atoms with Crippen LogP contribution in [0.5, 0.6) is 0 Å². The predicted molar refractivity (Wildman–Crippen MR) is 61.2 cm³/mol. The number of hydrogen-bond donors (Lipinski definition) is 1. The SMILES string of the molecule is CN(CCN)CC(=O)N1CCOCC1.Cl. The standard InChI is InChI=1S/C9H19N3O2.ClH/c1-11(3-2-10)8-9(13)12-4-6-14-7-5-12;/h2-8,10H2,1H3;1H. The minimum absolute atomic E-state index is 0. The number of hydrogen-bond acceptors (Lipinski definition) is 4. The fourth-order valence-electron chi connectivity index (χ4n) is 1.44. The van der Waals surface area contributed by atoms with Crippen LogP contribution in [0.4, 0.5) is 0 Å². The zero-order valence-corrected chi connectivity index (χ0v) is 9.96. The molecule has 1 saturated heterocycles. The third-order valence-corrected chi connectivity index (χ3v) is 2.28. The highest BCUT2D eigenvalue weighted by atomic mass is 35.5. The number of halogens is 1. The first kappa shape index (κ1) is 14.6. The molecule has 2 N–H and O–H groups in total. The number of likely N-dealkylation sites (N-methyl/N-ethyl adjacent to an activating group) is 1. The maximum Gasteiger partial charge on any atom is 0.236 e. The van der Waals surface area contributed by atoms with Gasteiger partial charge in [0, 0.05) is 26.2 Å². The number of rotatable bonds is 4. The first-order chi connectivity index (χ1) is 6.74. The largest absolute Gasteiger partial charge is 0.378 e. The van der Waals surface area contributed by atoms with Gasteiger partial charge in [-0.05, 0) is 7.05 Å². The molecule has 0 atom stereocenters. The zero-order chi connectivity index (χ0) is 10.4. The minimum atomic E-state index is 0. The van der Waals surface area contributed by atoms with Crippen molar-refractivity contribution in [2.24, 2.45) is 5.73 Å². The van der Waals surface area contributed by atoms with Crippen LogP contribution in [0, 0.1) is 0 Å². The second kappa shape index (κ2) is 7.87. The molecule has 1 fully saturated rings. The number of ether oxygens (including phenoxy) is 1. The van der Waals surface area contributed by atoms with E-state index < -0.39 is 0 Å². The van der Waals surface area contributed by atoms with Crippen molar-refractivity contribution >= 4 is 18.3 Å². The Morgan fingerprint density at radius 3 is 2.60 bits per heavy atom. The molecule has 0 aromatic heterocycles. The van der Waals surface area contributed by atoms with E-state index in [1.807, 2.05) is 16.8 Å². The van der Waals surface area contributed by atoms with E-state index in [2.05, 4.69) is 0 Å². The topological polar surface area (TPSA) is 58.8 Å². The molecule has 1 aliphatic heterocycles. The van der Waals surface area contributed by atoms with Gasteiger partial charge in [-0.1, -0.05) is 0 Å². The molecule has 15 heavy (non-hydrogen) atoms. The van der Waals surface area contributed by atoms with Crippen molar-refractivity contribution in [1.82, 2.24) is 9.80 Å². The first-order valence-electron chi connectivity index (χ1n) is 4.98. The molecule has 1 amide bonds. The minimum Gasteiger partial charge on any atom is -0.378 e. The van der Waals surface area contributed by atoms with Crippen LogP contribution in [0.25, 0.3) is 0 Å². The molecule has 90 valence electrons. The van der Waals surface area contributed by atoms with E-state index >= 15 is 0 Å². The van der Waals surface area contributed by atoms with Gasteiger partial charge in [-0.3, -0.25) is 9.69 Å². The average molecular weight is 238 g/mol. The fraction of sp³-hybridized carbons (Fsp3) is 0.889. The Labute approximate surface area is 96.9 Å². The highest BCUT2D eigenvalue weighted by Gasteiger charge is 2.17. The van der Waals surface area contributed by atoms with Crippen LogP contribution in [-0.2, 0) is 9.53 Å². The van der Waals surface area contributed by atoms with Crippen molar-refractivity contribution in [2.75, 3.05) is 53.0 Å². The van der Waals surface area contributed by atoms with E-state index in [4.69, 9.17) is 10.5 Å². The number of carbonyl (C=O) groups is 1. The molecular weight excluding hydrogens is 218 g/mol. The summed E-state index contributed by atoms with van der Waals surface area (Å²) in [7, 11) is 1.91. The van der Waals surface area contributed by atoms with E-state index in [1.165, 1.54) is 0 Å². The Hall–Kier alpha value is -0.360. The lowest BCUT2D eigenvalue weighted by Crippen LogP contribution is -2.45. The Bertz CT molecular complexity index is 186. The first-order valence-corrected chi connectivity index (χ1v) is 4.98. The molecule has 1 rings (SSSR count). The summed E-state index contributed by atoms with van der Waals surface area (Å²) in [4.78, 5) is 15.5. The summed E-state index contributed by atoms with van der Waals surface area (Å²) in [6.07, 6.45) is 0. The van der Waals surface area contributed by atoms with Crippen LogP contribution < -0.4 is 5.73 Å². The van der Waals surface area contributed by atoms with Gasteiger partial charge in [-0.25, -0.2) is 0 Å². The van der Waals surface area contributed by atoms with Gasteiger partial charge in [0.15, 0.2) is 0 Å². The van der Waals surface area contributed by atoms with E-state index in [1.54, 1.807) is 0 Å². The summed E-state index contributed by atoms with van der Waals surface area (Å²) in [6, 6.07) is 0. The lowest BCUT2D eigenvalue weighted by atomic mass is 10.4. The fourth-order valence-corrected chi connectivity index (χ4v) is 1.44. The number of amides is 1. The van der Waals surface area contributed by atoms with E-state index in [0.717, 1.165) is 19.6 Å². The number of carbonyl (C=O) groups excluding carboxylic acids is 1. The van der Waals surface area contributed by atoms with Crippen molar-refractivity contribution in [1.29, 1.82) is 0 Å². The summed E-state index contributed by atoms with van der Waals surface area (Å²) in [6.45, 7) is 4.56. The Morgan fingerprint density at radius 1 is 1.47 bits per heavy atom. The second-order valence-corrected chi connectivity index (χ2v) is 3.52. The highest BCUT2D eigenvalue weighted by Crippen LogP contribution is 1.98. The predicted octanol–water partition coefficient (Wildman–Crippen LogP) is -0.842. The van der Waals surface area contributed by atoms with Crippen molar-refractivity contribution in [2.45, 2.75) is 0 Å². The number of nitrogens with two attached hydrogens (primary N) is 1. The molecule has 0 aromatic carbocycles. The summed E-state index contributed by atoms with van der Waals surface area (Å²) >= 11 is 0. The van der Waals surface area contributed by atoms with E-state index in [0.29, 0.717) is 26.3 Å². The van der Waals surface area contributed by atoms with Gasteiger partial charge in [0.25, 0.3) is 0 Å². The van der Waals surface area contributed by atoms with Crippen LogP contribution in [-0.4, -0.2) is 68.7 Å². The zero-order valence-electron chi connectivity index (χ0n) is 9.15. The van der Waals surface area contributed by atoms with Crippen LogP contribution in [0.1, 0.15) is 0 Å². The Balaban J connectivity index is 0.00000196. The normalized spacial score (nSPS) is 16.3. The smallest absolute Gasteiger partial charge is 0.236 e. The number of morpholine rings is 1. The van der Waals surface area contributed by atoms with Crippen LogP contribution in [0.15, 0.2) is 0 Å². The molecular formula is C9H20ClN3O2. The molecule has 5 nitrogen and oxygen atoms in total. The summed E-state index contributed by atoms with van der Waals surface area (Å²) in [5.74, 6) is 0.171. The molecule has 0 bridgehead atoms.